The van der Waals surface area contributed by atoms with Crippen molar-refractivity contribution in [3.05, 3.63) is 84.0 Å². The average Bonchev–Trinajstić information content (AvgIpc) is 3.91. The van der Waals surface area contributed by atoms with Crippen LogP contribution in [-0.4, -0.2) is 76.9 Å². The van der Waals surface area contributed by atoms with E-state index in [9.17, 15) is 19.2 Å². The molecule has 1 aromatic carbocycles. The number of carbonyl (C=O) groups excluding carboxylic acids is 2. The first-order valence-corrected chi connectivity index (χ1v) is 13.7. The maximum absolute atomic E-state index is 12.7. The summed E-state index contributed by atoms with van der Waals surface area (Å²) in [4.78, 5) is 69.8. The van der Waals surface area contributed by atoms with Gasteiger partial charge in [0.05, 0.1) is 17.7 Å². The third-order valence-corrected chi connectivity index (χ3v) is 6.80. The summed E-state index contributed by atoms with van der Waals surface area (Å²) in [6.45, 7) is 0.207. The number of carboxylic acid groups (broad SMARTS) is 2. The van der Waals surface area contributed by atoms with Crippen LogP contribution in [0.3, 0.4) is 0 Å². The zero-order valence-electron chi connectivity index (χ0n) is 23.6. The minimum atomic E-state index is -1.28. The molecule has 0 aliphatic carbocycles. The number of ether oxygens (including phenoxy) is 1. The van der Waals surface area contributed by atoms with Crippen LogP contribution in [0.5, 0.6) is 5.75 Å². The lowest BCUT2D eigenvalue weighted by Crippen LogP contribution is -2.31. The molecule has 2 amide bonds. The first-order chi connectivity index (χ1) is 22.7. The molecule has 0 saturated heterocycles. The molecule has 6 heterocycles. The molecule has 234 valence electrons. The van der Waals surface area contributed by atoms with Crippen molar-refractivity contribution in [3.8, 4) is 52.1 Å². The molecular formula is C30H18N6O11. The molecule has 0 unspecified atom stereocenters. The van der Waals surface area contributed by atoms with Crippen LogP contribution < -0.4 is 4.74 Å². The van der Waals surface area contributed by atoms with Gasteiger partial charge in [0.1, 0.15) is 42.2 Å². The van der Waals surface area contributed by atoms with Gasteiger partial charge in [0.15, 0.2) is 22.8 Å². The van der Waals surface area contributed by atoms with Crippen LogP contribution in [-0.2, 0) is 0 Å². The largest absolute Gasteiger partial charge is 0.493 e. The third-order valence-electron chi connectivity index (χ3n) is 6.80. The standard InChI is InChI=1S/C30H18N6O11/c37-27-15-4-1-2-5-16(15)28(38)36(27)6-3-7-43-14-8-17(23-32-19(10-44-23)25-34-21(12-46-25)29(39)40)31-18(9-14)24-33-20(11-45-24)26-35-22(13-47-26)30(41)42/h1-2,4-5,8-13H,3,6-7H2,(H,39,40)(H,41,42). The van der Waals surface area contributed by atoms with Crippen molar-refractivity contribution < 1.29 is 51.8 Å². The fraction of sp³-hybridized carbons (Fsp3) is 0.100. The number of carbonyl (C=O) groups is 4. The third kappa shape index (κ3) is 5.48. The second kappa shape index (κ2) is 11.5. The van der Waals surface area contributed by atoms with E-state index in [0.29, 0.717) is 17.5 Å². The Morgan fingerprint density at radius 3 is 1.60 bits per heavy atom. The highest BCUT2D eigenvalue weighted by atomic mass is 16.5. The lowest BCUT2D eigenvalue weighted by molar-refractivity contribution is 0.0641. The van der Waals surface area contributed by atoms with Crippen molar-refractivity contribution in [2.45, 2.75) is 6.42 Å². The molecule has 6 aromatic rings. The summed E-state index contributed by atoms with van der Waals surface area (Å²) in [6.07, 6.45) is 4.64. The fourth-order valence-electron chi connectivity index (χ4n) is 4.62. The molecule has 2 N–H and O–H groups in total. The summed E-state index contributed by atoms with van der Waals surface area (Å²) < 4.78 is 27.5. The van der Waals surface area contributed by atoms with Crippen LogP contribution in [0.15, 0.2) is 79.1 Å². The second-order valence-corrected chi connectivity index (χ2v) is 9.84. The van der Waals surface area contributed by atoms with Crippen molar-refractivity contribution in [2.24, 2.45) is 0 Å². The van der Waals surface area contributed by atoms with Crippen LogP contribution in [0.25, 0.3) is 46.3 Å². The number of hydrogen-bond donors (Lipinski definition) is 2. The number of hydrogen-bond acceptors (Lipinski definition) is 14. The Balaban J connectivity index is 1.14. The maximum Gasteiger partial charge on any atom is 0.357 e. The number of imide groups is 1. The monoisotopic (exact) mass is 638 g/mol. The van der Waals surface area contributed by atoms with Gasteiger partial charge in [0.2, 0.25) is 23.6 Å². The summed E-state index contributed by atoms with van der Waals surface area (Å²) in [5.41, 5.74) is 0.567. The Morgan fingerprint density at radius 1 is 0.660 bits per heavy atom. The smallest absolute Gasteiger partial charge is 0.357 e. The van der Waals surface area contributed by atoms with E-state index >= 15 is 0 Å². The Bertz CT molecular complexity index is 2050. The minimum Gasteiger partial charge on any atom is -0.493 e. The van der Waals surface area contributed by atoms with Crippen LogP contribution in [0.1, 0.15) is 48.1 Å². The lowest BCUT2D eigenvalue weighted by Gasteiger charge is -2.14. The predicted octanol–water partition coefficient (Wildman–Crippen LogP) is 4.16. The summed E-state index contributed by atoms with van der Waals surface area (Å²) in [6, 6.07) is 9.62. The number of nitrogens with zero attached hydrogens (tertiary/aromatic N) is 6. The van der Waals surface area contributed by atoms with Gasteiger partial charge in [0, 0.05) is 18.7 Å². The number of oxazole rings is 4. The SMILES string of the molecule is O=C(O)c1coc(-c2coc(-c3cc(OCCCN4C(=O)c5ccccc5C4=O)cc(-c4nc(-c5nc(C(=O)O)co5)co4)n3)n2)n1. The minimum absolute atomic E-state index is 0.0154. The topological polar surface area (TPSA) is 238 Å². The van der Waals surface area contributed by atoms with Gasteiger partial charge in [-0.1, -0.05) is 12.1 Å². The lowest BCUT2D eigenvalue weighted by atomic mass is 10.1. The Hall–Kier alpha value is -6.91. The molecule has 1 aliphatic heterocycles. The molecule has 0 spiro atoms. The quantitative estimate of drug-likeness (QED) is 0.149. The van der Waals surface area contributed by atoms with Crippen molar-refractivity contribution in [1.29, 1.82) is 0 Å². The highest BCUT2D eigenvalue weighted by molar-refractivity contribution is 6.21. The molecule has 0 fully saturated rings. The number of aromatic carboxylic acids is 2. The summed E-state index contributed by atoms with van der Waals surface area (Å²) in [5, 5.41) is 18.3. The zero-order chi connectivity index (χ0) is 32.7. The second-order valence-electron chi connectivity index (χ2n) is 9.84. The molecule has 0 saturated carbocycles. The van der Waals surface area contributed by atoms with E-state index < -0.39 is 11.9 Å². The molecule has 0 bridgehead atoms. The molecule has 7 rings (SSSR count). The summed E-state index contributed by atoms with van der Waals surface area (Å²) in [7, 11) is 0. The number of amides is 2. The number of rotatable bonds is 11. The molecule has 47 heavy (non-hydrogen) atoms. The van der Waals surface area contributed by atoms with E-state index in [4.69, 9.17) is 32.6 Å². The van der Waals surface area contributed by atoms with E-state index in [1.165, 1.54) is 24.7 Å². The molecule has 17 heteroatoms. The Morgan fingerprint density at radius 2 is 1.13 bits per heavy atom. The van der Waals surface area contributed by atoms with E-state index in [1.807, 2.05) is 0 Å². The average molecular weight is 639 g/mol. The predicted molar refractivity (Wildman–Crippen MR) is 152 cm³/mol. The van der Waals surface area contributed by atoms with Crippen molar-refractivity contribution in [1.82, 2.24) is 29.8 Å². The van der Waals surface area contributed by atoms with Gasteiger partial charge < -0.3 is 32.6 Å². The van der Waals surface area contributed by atoms with E-state index in [-0.39, 0.29) is 88.4 Å². The normalized spacial score (nSPS) is 12.5. The highest BCUT2D eigenvalue weighted by Crippen LogP contribution is 2.31. The van der Waals surface area contributed by atoms with Gasteiger partial charge in [-0.2, -0.15) is 0 Å². The number of pyridine rings is 1. The molecule has 0 radical (unpaired) electrons. The molecule has 0 atom stereocenters. The van der Waals surface area contributed by atoms with Crippen LogP contribution in [0.2, 0.25) is 0 Å². The Labute approximate surface area is 261 Å². The van der Waals surface area contributed by atoms with E-state index in [0.717, 1.165) is 17.4 Å². The first-order valence-electron chi connectivity index (χ1n) is 13.7. The van der Waals surface area contributed by atoms with Crippen LogP contribution >= 0.6 is 0 Å². The van der Waals surface area contributed by atoms with Crippen LogP contribution in [0.4, 0.5) is 0 Å². The van der Waals surface area contributed by atoms with E-state index in [2.05, 4.69) is 24.9 Å². The molecule has 1 aliphatic rings. The molecule has 17 nitrogen and oxygen atoms in total. The summed E-state index contributed by atoms with van der Waals surface area (Å²) in [5.74, 6) is -3.26. The van der Waals surface area contributed by atoms with Crippen molar-refractivity contribution in [2.75, 3.05) is 13.2 Å². The Kier molecular flexibility index (Phi) is 7.08. The van der Waals surface area contributed by atoms with Gasteiger partial charge in [-0.05, 0) is 18.6 Å². The fourth-order valence-corrected chi connectivity index (χ4v) is 4.62. The van der Waals surface area contributed by atoms with Gasteiger partial charge in [0.25, 0.3) is 11.8 Å². The van der Waals surface area contributed by atoms with Gasteiger partial charge in [-0.25, -0.2) is 34.5 Å². The molecule has 5 aromatic heterocycles. The zero-order valence-corrected chi connectivity index (χ0v) is 23.6. The van der Waals surface area contributed by atoms with E-state index in [1.54, 1.807) is 24.3 Å². The van der Waals surface area contributed by atoms with Gasteiger partial charge in [-0.15, -0.1) is 0 Å². The van der Waals surface area contributed by atoms with Crippen molar-refractivity contribution >= 4 is 23.8 Å². The van der Waals surface area contributed by atoms with Gasteiger partial charge in [-0.3, -0.25) is 14.5 Å². The number of carboxylic acids is 2. The first kappa shape index (κ1) is 28.8. The number of aromatic nitrogens is 5. The number of fused-ring (bicyclic) bond motifs is 1. The number of benzene rings is 1. The highest BCUT2D eigenvalue weighted by Gasteiger charge is 2.34. The van der Waals surface area contributed by atoms with Gasteiger partial charge >= 0.3 is 11.9 Å². The molecular weight excluding hydrogens is 620 g/mol. The van der Waals surface area contributed by atoms with Crippen LogP contribution in [0, 0.1) is 0 Å². The maximum atomic E-state index is 12.7. The summed E-state index contributed by atoms with van der Waals surface area (Å²) >= 11 is 0. The van der Waals surface area contributed by atoms with Crippen molar-refractivity contribution in [3.63, 3.8) is 0 Å².